The van der Waals surface area contributed by atoms with Gasteiger partial charge in [-0.25, -0.2) is 17.5 Å². The first-order valence-corrected chi connectivity index (χ1v) is 11.5. The third-order valence-electron chi connectivity index (χ3n) is 5.52. The molecule has 1 aliphatic rings. The maximum Gasteiger partial charge on any atom is 0.241 e. The van der Waals surface area contributed by atoms with Gasteiger partial charge in [-0.1, -0.05) is 48.5 Å². The zero-order valence-corrected chi connectivity index (χ0v) is 17.1. The summed E-state index contributed by atoms with van der Waals surface area (Å²) in [5.41, 5.74) is 2.82. The van der Waals surface area contributed by atoms with Crippen LogP contribution in [0.4, 0.5) is 4.39 Å². The fraction of sp³-hybridized carbons (Fsp3) is 0.304. The molecule has 0 bridgehead atoms. The van der Waals surface area contributed by atoms with E-state index in [4.69, 9.17) is 0 Å². The van der Waals surface area contributed by atoms with Gasteiger partial charge in [0.2, 0.25) is 10.0 Å². The predicted molar refractivity (Wildman–Crippen MR) is 114 cm³/mol. The topological polar surface area (TPSA) is 49.4 Å². The van der Waals surface area contributed by atoms with Gasteiger partial charge in [0.25, 0.3) is 0 Å². The highest BCUT2D eigenvalue weighted by molar-refractivity contribution is 7.89. The fourth-order valence-corrected chi connectivity index (χ4v) is 5.24. The van der Waals surface area contributed by atoms with Crippen LogP contribution in [0.2, 0.25) is 0 Å². The maximum absolute atomic E-state index is 14.0. The summed E-state index contributed by atoms with van der Waals surface area (Å²) < 4.78 is 42.1. The summed E-state index contributed by atoms with van der Waals surface area (Å²) in [5.74, 6) is -0.414. The number of halogens is 1. The molecule has 29 heavy (non-hydrogen) atoms. The molecule has 0 spiro atoms. The van der Waals surface area contributed by atoms with Gasteiger partial charge in [0.1, 0.15) is 5.82 Å². The van der Waals surface area contributed by atoms with E-state index in [0.717, 1.165) is 38.9 Å². The molecular weight excluding hydrogens is 387 g/mol. The number of fused-ring (bicyclic) bond motifs is 2. The lowest BCUT2D eigenvalue weighted by atomic mass is 10.00. The molecule has 3 aromatic carbocycles. The van der Waals surface area contributed by atoms with E-state index < -0.39 is 15.8 Å². The van der Waals surface area contributed by atoms with Crippen LogP contribution in [-0.2, 0) is 23.0 Å². The van der Waals surface area contributed by atoms with E-state index in [2.05, 4.69) is 33.9 Å². The highest BCUT2D eigenvalue weighted by Crippen LogP contribution is 2.25. The minimum absolute atomic E-state index is 0.127. The lowest BCUT2D eigenvalue weighted by Crippen LogP contribution is -2.32. The second-order valence-corrected chi connectivity index (χ2v) is 9.23. The summed E-state index contributed by atoms with van der Waals surface area (Å²) in [7, 11) is -3.68. The van der Waals surface area contributed by atoms with Crippen molar-refractivity contribution in [3.63, 3.8) is 0 Å². The van der Waals surface area contributed by atoms with Gasteiger partial charge in [0.15, 0.2) is 0 Å². The monoisotopic (exact) mass is 412 g/mol. The summed E-state index contributed by atoms with van der Waals surface area (Å²) in [5, 5.41) is 0.729. The van der Waals surface area contributed by atoms with Crippen molar-refractivity contribution in [1.29, 1.82) is 0 Å². The van der Waals surface area contributed by atoms with Crippen molar-refractivity contribution in [3.8, 4) is 0 Å². The van der Waals surface area contributed by atoms with Crippen LogP contribution in [0.3, 0.4) is 0 Å². The number of benzene rings is 3. The van der Waals surface area contributed by atoms with Gasteiger partial charge < -0.3 is 0 Å². The number of hydrogen-bond donors (Lipinski definition) is 1. The third-order valence-corrected chi connectivity index (χ3v) is 7.04. The Morgan fingerprint density at radius 2 is 1.62 bits per heavy atom. The van der Waals surface area contributed by atoms with E-state index in [-0.39, 0.29) is 4.90 Å². The lowest BCUT2D eigenvalue weighted by molar-refractivity contribution is 0.249. The quantitative estimate of drug-likeness (QED) is 0.595. The maximum atomic E-state index is 14.0. The second-order valence-electron chi connectivity index (χ2n) is 7.49. The average molecular weight is 413 g/mol. The molecule has 0 saturated heterocycles. The largest absolute Gasteiger partial charge is 0.299 e. The molecule has 0 aliphatic carbocycles. The molecule has 1 aliphatic heterocycles. The first kappa shape index (κ1) is 20.0. The molecular formula is C23H25FN2O2S. The Bertz CT molecular complexity index is 1110. The molecule has 152 valence electrons. The van der Waals surface area contributed by atoms with Gasteiger partial charge in [-0.3, -0.25) is 4.90 Å². The first-order valence-electron chi connectivity index (χ1n) is 10.0. The zero-order valence-electron chi connectivity index (χ0n) is 16.3. The Hall–Kier alpha value is -2.28. The Balaban J connectivity index is 1.30. The zero-order chi connectivity index (χ0) is 20.3. The first-order chi connectivity index (χ1) is 14.0. The van der Waals surface area contributed by atoms with Gasteiger partial charge in [0, 0.05) is 30.4 Å². The number of hydrogen-bond acceptors (Lipinski definition) is 3. The lowest BCUT2D eigenvalue weighted by Gasteiger charge is -2.28. The molecule has 0 amide bonds. The van der Waals surface area contributed by atoms with Crippen molar-refractivity contribution in [2.45, 2.75) is 30.7 Å². The number of rotatable bonds is 7. The Kier molecular flexibility index (Phi) is 5.94. The smallest absolute Gasteiger partial charge is 0.241 e. The van der Waals surface area contributed by atoms with E-state index in [1.165, 1.54) is 23.3 Å². The van der Waals surface area contributed by atoms with Gasteiger partial charge in [-0.2, -0.15) is 0 Å². The van der Waals surface area contributed by atoms with Crippen LogP contribution in [0, 0.1) is 5.82 Å². The number of sulfonamides is 1. The third kappa shape index (κ3) is 4.50. The van der Waals surface area contributed by atoms with Crippen LogP contribution >= 0.6 is 0 Å². The van der Waals surface area contributed by atoms with Crippen LogP contribution in [0.5, 0.6) is 0 Å². The molecule has 4 nitrogen and oxygen atoms in total. The van der Waals surface area contributed by atoms with Crippen LogP contribution in [-0.4, -0.2) is 33.0 Å². The summed E-state index contributed by atoms with van der Waals surface area (Å²) in [6.07, 6.45) is 2.76. The highest BCUT2D eigenvalue weighted by atomic mass is 32.2. The van der Waals surface area contributed by atoms with Crippen molar-refractivity contribution < 1.29 is 12.8 Å². The van der Waals surface area contributed by atoms with Gasteiger partial charge in [-0.05, 0) is 49.1 Å². The Labute approximate surface area is 171 Å². The van der Waals surface area contributed by atoms with E-state index in [1.807, 2.05) is 0 Å². The number of nitrogens with one attached hydrogen (secondary N) is 1. The predicted octanol–water partition coefficient (Wildman–Crippen LogP) is 4.10. The fourth-order valence-electron chi connectivity index (χ4n) is 3.96. The molecule has 0 fully saturated rings. The minimum Gasteiger partial charge on any atom is -0.299 e. The molecule has 0 unspecified atom stereocenters. The Morgan fingerprint density at radius 3 is 2.45 bits per heavy atom. The van der Waals surface area contributed by atoms with Crippen molar-refractivity contribution in [2.75, 3.05) is 19.6 Å². The Morgan fingerprint density at radius 1 is 0.897 bits per heavy atom. The molecule has 1 N–H and O–H groups in total. The van der Waals surface area contributed by atoms with E-state index in [9.17, 15) is 12.8 Å². The van der Waals surface area contributed by atoms with E-state index >= 15 is 0 Å². The standard InChI is InChI=1S/C23H25FN2O2S/c24-22-11-12-23(21-10-4-3-9-20(21)22)29(27,28)25-14-5-6-15-26-16-13-18-7-1-2-8-19(18)17-26/h1-4,7-12,25H,5-6,13-17H2. The molecule has 0 atom stereocenters. The molecule has 0 radical (unpaired) electrons. The molecule has 3 aromatic rings. The molecule has 1 heterocycles. The normalized spacial score (nSPS) is 14.8. The van der Waals surface area contributed by atoms with Crippen LogP contribution in [0.1, 0.15) is 24.0 Å². The summed E-state index contributed by atoms with van der Waals surface area (Å²) >= 11 is 0. The van der Waals surface area contributed by atoms with Crippen LogP contribution in [0.25, 0.3) is 10.8 Å². The van der Waals surface area contributed by atoms with Crippen molar-refractivity contribution in [1.82, 2.24) is 9.62 Å². The molecule has 4 rings (SSSR count). The second kappa shape index (κ2) is 8.61. The SMILES string of the molecule is O=S(=O)(NCCCCN1CCc2ccccc2C1)c1ccc(F)c2ccccc12. The van der Waals surface area contributed by atoms with Crippen molar-refractivity contribution in [2.24, 2.45) is 0 Å². The number of unbranched alkanes of at least 4 members (excludes halogenated alkanes) is 1. The van der Waals surface area contributed by atoms with E-state index in [1.54, 1.807) is 24.3 Å². The van der Waals surface area contributed by atoms with Gasteiger partial charge in [0.05, 0.1) is 4.90 Å². The molecule has 0 aromatic heterocycles. The summed E-state index contributed by atoms with van der Waals surface area (Å²) in [4.78, 5) is 2.55. The minimum atomic E-state index is -3.68. The van der Waals surface area contributed by atoms with Crippen molar-refractivity contribution in [3.05, 3.63) is 77.6 Å². The van der Waals surface area contributed by atoms with Crippen LogP contribution < -0.4 is 4.72 Å². The van der Waals surface area contributed by atoms with Crippen LogP contribution in [0.15, 0.2) is 65.6 Å². The average Bonchev–Trinajstić information content (AvgIpc) is 2.73. The summed E-state index contributed by atoms with van der Waals surface area (Å²) in [6, 6.07) is 17.8. The van der Waals surface area contributed by atoms with E-state index in [0.29, 0.717) is 17.3 Å². The molecule has 6 heteroatoms. The molecule has 0 saturated carbocycles. The van der Waals surface area contributed by atoms with Gasteiger partial charge in [-0.15, -0.1) is 0 Å². The number of nitrogens with zero attached hydrogens (tertiary/aromatic N) is 1. The van der Waals surface area contributed by atoms with Crippen molar-refractivity contribution >= 4 is 20.8 Å². The summed E-state index contributed by atoms with van der Waals surface area (Å²) in [6.45, 7) is 3.34. The van der Waals surface area contributed by atoms with Gasteiger partial charge >= 0.3 is 0 Å². The highest BCUT2D eigenvalue weighted by Gasteiger charge is 2.19.